The number of nitrogens with two attached hydrogens (primary N) is 1. The Kier molecular flexibility index (Phi) is 2.25. The third-order valence-electron chi connectivity index (χ3n) is 2.98. The van der Waals surface area contributed by atoms with Crippen molar-refractivity contribution in [3.8, 4) is 0 Å². The predicted octanol–water partition coefficient (Wildman–Crippen LogP) is 1.36. The maximum atomic E-state index is 5.94. The second kappa shape index (κ2) is 3.75. The summed E-state index contributed by atoms with van der Waals surface area (Å²) in [4.78, 5) is 8.65. The quantitative estimate of drug-likeness (QED) is 0.785. The molecule has 0 aliphatic carbocycles. The first-order chi connectivity index (χ1) is 7.86. The van der Waals surface area contributed by atoms with Crippen LogP contribution in [0.5, 0.6) is 0 Å². The zero-order valence-electron chi connectivity index (χ0n) is 8.97. The molecule has 1 aliphatic heterocycles. The minimum absolute atomic E-state index is 0.272. The lowest BCUT2D eigenvalue weighted by Gasteiger charge is -2.24. The lowest BCUT2D eigenvalue weighted by atomic mass is 10.1. The Morgan fingerprint density at radius 3 is 3.25 bits per heavy atom. The van der Waals surface area contributed by atoms with E-state index in [1.807, 2.05) is 16.7 Å². The van der Waals surface area contributed by atoms with Gasteiger partial charge in [-0.15, -0.1) is 0 Å². The summed E-state index contributed by atoms with van der Waals surface area (Å²) in [7, 11) is 0. The van der Waals surface area contributed by atoms with E-state index in [0.29, 0.717) is 12.6 Å². The molecule has 5 nitrogen and oxygen atoms in total. The first kappa shape index (κ1) is 9.59. The van der Waals surface area contributed by atoms with Crippen LogP contribution in [0.4, 0.5) is 5.95 Å². The molecule has 2 aromatic heterocycles. The monoisotopic (exact) mass is 218 g/mol. The van der Waals surface area contributed by atoms with Crippen LogP contribution in [0.3, 0.4) is 0 Å². The van der Waals surface area contributed by atoms with E-state index in [1.54, 1.807) is 6.20 Å². The molecule has 0 bridgehead atoms. The van der Waals surface area contributed by atoms with Crippen LogP contribution in [0.2, 0.25) is 0 Å². The van der Waals surface area contributed by atoms with Gasteiger partial charge in [0.25, 0.3) is 0 Å². The molecule has 3 rings (SSSR count). The van der Waals surface area contributed by atoms with Gasteiger partial charge in [0.15, 0.2) is 5.65 Å². The number of imidazole rings is 1. The number of hydrogen-bond donors (Lipinski definition) is 1. The largest absolute Gasteiger partial charge is 0.379 e. The summed E-state index contributed by atoms with van der Waals surface area (Å²) in [6, 6.07) is 4.07. The smallest absolute Gasteiger partial charge is 0.202 e. The Balaban J connectivity index is 2.10. The van der Waals surface area contributed by atoms with Crippen LogP contribution < -0.4 is 5.73 Å². The van der Waals surface area contributed by atoms with Gasteiger partial charge >= 0.3 is 0 Å². The van der Waals surface area contributed by atoms with Gasteiger partial charge in [-0.1, -0.05) is 0 Å². The van der Waals surface area contributed by atoms with Gasteiger partial charge in [-0.3, -0.25) is 4.57 Å². The molecule has 84 valence electrons. The molecule has 0 saturated carbocycles. The van der Waals surface area contributed by atoms with Crippen molar-refractivity contribution in [2.45, 2.75) is 18.9 Å². The average molecular weight is 218 g/mol. The molecule has 0 radical (unpaired) electrons. The molecule has 2 aromatic rings. The van der Waals surface area contributed by atoms with Crippen molar-refractivity contribution in [2.75, 3.05) is 18.9 Å². The van der Waals surface area contributed by atoms with Gasteiger partial charge in [-0.05, 0) is 25.0 Å². The molecule has 5 heteroatoms. The summed E-state index contributed by atoms with van der Waals surface area (Å²) in [5, 5.41) is 0. The number of aromatic nitrogens is 3. The first-order valence-electron chi connectivity index (χ1n) is 5.52. The fraction of sp³-hybridized carbons (Fsp3) is 0.455. The summed E-state index contributed by atoms with van der Waals surface area (Å²) < 4.78 is 7.47. The number of pyridine rings is 1. The lowest BCUT2D eigenvalue weighted by molar-refractivity contribution is 0.0610. The van der Waals surface area contributed by atoms with Crippen molar-refractivity contribution in [1.29, 1.82) is 0 Å². The standard InChI is InChI=1S/C11H14N4O/c12-11-14-9-4-1-5-13-10(9)15(11)8-3-2-6-16-7-8/h1,4-5,8H,2-3,6-7H2,(H2,12,14). The van der Waals surface area contributed by atoms with Crippen LogP contribution in [0.1, 0.15) is 18.9 Å². The maximum Gasteiger partial charge on any atom is 0.202 e. The molecule has 1 aliphatic rings. The molecule has 0 amide bonds. The maximum absolute atomic E-state index is 5.94. The van der Waals surface area contributed by atoms with Gasteiger partial charge in [0.1, 0.15) is 5.52 Å². The Morgan fingerprint density at radius 2 is 2.44 bits per heavy atom. The first-order valence-corrected chi connectivity index (χ1v) is 5.52. The van der Waals surface area contributed by atoms with Crippen LogP contribution in [0.15, 0.2) is 18.3 Å². The Labute approximate surface area is 93.2 Å². The zero-order valence-corrected chi connectivity index (χ0v) is 8.97. The number of anilines is 1. The fourth-order valence-corrected chi connectivity index (χ4v) is 2.23. The highest BCUT2D eigenvalue weighted by atomic mass is 16.5. The van der Waals surface area contributed by atoms with Crippen LogP contribution in [-0.2, 0) is 4.74 Å². The summed E-state index contributed by atoms with van der Waals surface area (Å²) in [6.07, 6.45) is 3.91. The van der Waals surface area contributed by atoms with Crippen LogP contribution in [0.25, 0.3) is 11.2 Å². The van der Waals surface area contributed by atoms with Crippen molar-refractivity contribution in [1.82, 2.24) is 14.5 Å². The predicted molar refractivity (Wildman–Crippen MR) is 61.0 cm³/mol. The molecule has 2 N–H and O–H groups in total. The van der Waals surface area contributed by atoms with E-state index in [0.717, 1.165) is 30.6 Å². The Bertz CT molecular complexity index is 502. The lowest BCUT2D eigenvalue weighted by Crippen LogP contribution is -2.22. The number of rotatable bonds is 1. The van der Waals surface area contributed by atoms with Crippen LogP contribution in [0, 0.1) is 0 Å². The Morgan fingerprint density at radius 1 is 1.50 bits per heavy atom. The molecule has 1 saturated heterocycles. The van der Waals surface area contributed by atoms with Gasteiger partial charge in [-0.25, -0.2) is 9.97 Å². The van der Waals surface area contributed by atoms with E-state index in [-0.39, 0.29) is 6.04 Å². The molecule has 1 fully saturated rings. The van der Waals surface area contributed by atoms with Crippen LogP contribution in [-0.4, -0.2) is 27.7 Å². The van der Waals surface area contributed by atoms with Crippen molar-refractivity contribution in [3.63, 3.8) is 0 Å². The van der Waals surface area contributed by atoms with Gasteiger partial charge in [0.05, 0.1) is 12.6 Å². The van der Waals surface area contributed by atoms with E-state index in [4.69, 9.17) is 10.5 Å². The second-order valence-corrected chi connectivity index (χ2v) is 4.06. The third kappa shape index (κ3) is 1.44. The van der Waals surface area contributed by atoms with E-state index < -0.39 is 0 Å². The Hall–Kier alpha value is -1.62. The van der Waals surface area contributed by atoms with Crippen LogP contribution >= 0.6 is 0 Å². The molecule has 1 unspecified atom stereocenters. The van der Waals surface area contributed by atoms with Crippen molar-refractivity contribution in [2.24, 2.45) is 0 Å². The molecule has 1 atom stereocenters. The molecular weight excluding hydrogens is 204 g/mol. The van der Waals surface area contributed by atoms with E-state index >= 15 is 0 Å². The average Bonchev–Trinajstić information content (AvgIpc) is 2.66. The third-order valence-corrected chi connectivity index (χ3v) is 2.98. The molecule has 0 aromatic carbocycles. The molecule has 3 heterocycles. The summed E-state index contributed by atoms with van der Waals surface area (Å²) in [5.74, 6) is 0.532. The van der Waals surface area contributed by atoms with Crippen molar-refractivity contribution >= 4 is 17.1 Å². The van der Waals surface area contributed by atoms with Gasteiger partial charge in [0.2, 0.25) is 5.95 Å². The number of hydrogen-bond acceptors (Lipinski definition) is 4. The number of nitrogens with zero attached hydrogens (tertiary/aromatic N) is 3. The highest BCUT2D eigenvalue weighted by molar-refractivity contribution is 5.73. The van der Waals surface area contributed by atoms with Crippen molar-refractivity contribution < 1.29 is 4.74 Å². The molecule has 0 spiro atoms. The van der Waals surface area contributed by atoms with E-state index in [2.05, 4.69) is 9.97 Å². The topological polar surface area (TPSA) is 66.0 Å². The summed E-state index contributed by atoms with van der Waals surface area (Å²) >= 11 is 0. The SMILES string of the molecule is Nc1nc2cccnc2n1C1CCCOC1. The minimum atomic E-state index is 0.272. The van der Waals surface area contributed by atoms with E-state index in [9.17, 15) is 0 Å². The highest BCUT2D eigenvalue weighted by Crippen LogP contribution is 2.26. The number of nitrogen functional groups attached to an aromatic ring is 1. The summed E-state index contributed by atoms with van der Waals surface area (Å²) in [6.45, 7) is 1.54. The van der Waals surface area contributed by atoms with Crippen molar-refractivity contribution in [3.05, 3.63) is 18.3 Å². The second-order valence-electron chi connectivity index (χ2n) is 4.06. The zero-order chi connectivity index (χ0) is 11.0. The molecule has 16 heavy (non-hydrogen) atoms. The summed E-state index contributed by atoms with van der Waals surface area (Å²) in [5.41, 5.74) is 7.65. The minimum Gasteiger partial charge on any atom is -0.379 e. The van der Waals surface area contributed by atoms with Gasteiger partial charge in [0, 0.05) is 12.8 Å². The number of ether oxygens (including phenoxy) is 1. The normalized spacial score (nSPS) is 21.4. The fourth-order valence-electron chi connectivity index (χ4n) is 2.23. The van der Waals surface area contributed by atoms with Gasteiger partial charge < -0.3 is 10.5 Å². The van der Waals surface area contributed by atoms with E-state index in [1.165, 1.54) is 0 Å². The van der Waals surface area contributed by atoms with Gasteiger partial charge in [-0.2, -0.15) is 0 Å². The highest BCUT2D eigenvalue weighted by Gasteiger charge is 2.21. The molecular formula is C11H14N4O. The number of fused-ring (bicyclic) bond motifs is 1.